The highest BCUT2D eigenvalue weighted by atomic mass is 16.2. The Morgan fingerprint density at radius 1 is 0.686 bits per heavy atom. The molecule has 5 amide bonds. The van der Waals surface area contributed by atoms with Crippen LogP contribution in [0, 0.1) is 5.92 Å². The number of nitrogens with two attached hydrogens (primary N) is 1. The van der Waals surface area contributed by atoms with E-state index < -0.39 is 53.4 Å². The van der Waals surface area contributed by atoms with Crippen LogP contribution in [0.15, 0.2) is 66.7 Å². The van der Waals surface area contributed by atoms with E-state index >= 15 is 0 Å². The molecular formula is C39H51N5O7. The number of allylic oxidation sites excluding steroid dienone is 1. The molecule has 6 N–H and O–H groups in total. The molecule has 0 saturated heterocycles. The van der Waals surface area contributed by atoms with Crippen molar-refractivity contribution in [3.8, 4) is 0 Å². The van der Waals surface area contributed by atoms with Gasteiger partial charge < -0.3 is 27.0 Å². The predicted octanol–water partition coefficient (Wildman–Crippen LogP) is 3.21. The van der Waals surface area contributed by atoms with E-state index in [-0.39, 0.29) is 51.4 Å². The molecule has 3 atom stereocenters. The van der Waals surface area contributed by atoms with Crippen molar-refractivity contribution >= 4 is 41.1 Å². The summed E-state index contributed by atoms with van der Waals surface area (Å²) in [5.41, 5.74) is 7.21. The number of carbonyl (C=O) groups is 7. The van der Waals surface area contributed by atoms with Gasteiger partial charge in [-0.1, -0.05) is 94.1 Å². The average molecular weight is 702 g/mol. The van der Waals surface area contributed by atoms with Crippen LogP contribution in [-0.2, 0) is 35.2 Å². The first-order valence-electron chi connectivity index (χ1n) is 17.5. The number of ketones is 2. The first-order valence-corrected chi connectivity index (χ1v) is 17.5. The molecule has 2 aromatic carbocycles. The molecule has 1 fully saturated rings. The molecule has 0 radical (unpaired) electrons. The number of primary amides is 1. The fourth-order valence-corrected chi connectivity index (χ4v) is 6.32. The van der Waals surface area contributed by atoms with E-state index in [1.807, 2.05) is 6.07 Å². The molecule has 1 saturated carbocycles. The fraction of sp³-hybridized carbons (Fsp3) is 0.462. The molecule has 1 aliphatic heterocycles. The smallest absolute Gasteiger partial charge is 0.244 e. The van der Waals surface area contributed by atoms with Crippen molar-refractivity contribution in [1.29, 1.82) is 0 Å². The Morgan fingerprint density at radius 2 is 1.35 bits per heavy atom. The second-order valence-corrected chi connectivity index (χ2v) is 13.1. The molecule has 51 heavy (non-hydrogen) atoms. The number of amides is 5. The number of rotatable bonds is 7. The fourth-order valence-electron chi connectivity index (χ4n) is 6.32. The molecule has 1 aliphatic carbocycles. The van der Waals surface area contributed by atoms with Crippen molar-refractivity contribution in [2.45, 2.75) is 103 Å². The molecule has 1 unspecified atom stereocenters. The summed E-state index contributed by atoms with van der Waals surface area (Å²) in [6.07, 6.45) is 8.35. The Hall–Kier alpha value is -5.13. The van der Waals surface area contributed by atoms with E-state index in [0.717, 1.165) is 44.3 Å². The Balaban J connectivity index is 0.00000702. The lowest BCUT2D eigenvalue weighted by molar-refractivity contribution is -0.132. The molecule has 1 heterocycles. The van der Waals surface area contributed by atoms with Crippen LogP contribution in [0.5, 0.6) is 0 Å². The van der Waals surface area contributed by atoms with Crippen LogP contribution in [0.25, 0.3) is 0 Å². The summed E-state index contributed by atoms with van der Waals surface area (Å²) in [6.45, 7) is 0.228. The minimum absolute atomic E-state index is 0. The van der Waals surface area contributed by atoms with Gasteiger partial charge in [-0.25, -0.2) is 0 Å². The van der Waals surface area contributed by atoms with E-state index in [0.29, 0.717) is 36.0 Å². The zero-order chi connectivity index (χ0) is 35.9. The SMILES string of the molecule is C.NC(=O)[C@@H]1CCCCNC(=O)C(Cc2ccc(C(=O)c3ccccc3)cc2)NC(=O)[C@H](CC2CCCCC2)NC(=O)CCC(=O)/C=C/C(=O)N1. The first kappa shape index (κ1) is 40.3. The van der Waals surface area contributed by atoms with Gasteiger partial charge in [-0.3, -0.25) is 33.6 Å². The summed E-state index contributed by atoms with van der Waals surface area (Å²) in [6, 6.07) is 12.9. The van der Waals surface area contributed by atoms with Crippen LogP contribution in [0.4, 0.5) is 0 Å². The first-order chi connectivity index (χ1) is 24.1. The monoisotopic (exact) mass is 701 g/mol. The minimum Gasteiger partial charge on any atom is -0.368 e. The second-order valence-electron chi connectivity index (χ2n) is 13.1. The van der Waals surface area contributed by atoms with Crippen molar-refractivity contribution in [2.75, 3.05) is 6.54 Å². The van der Waals surface area contributed by atoms with Crippen molar-refractivity contribution in [1.82, 2.24) is 21.3 Å². The summed E-state index contributed by atoms with van der Waals surface area (Å²) in [7, 11) is 0. The quantitative estimate of drug-likeness (QED) is 0.274. The Kier molecular flexibility index (Phi) is 16.2. The van der Waals surface area contributed by atoms with E-state index in [1.54, 1.807) is 48.5 Å². The Bertz CT molecular complexity index is 1550. The van der Waals surface area contributed by atoms with Gasteiger partial charge in [0.2, 0.25) is 29.5 Å². The summed E-state index contributed by atoms with van der Waals surface area (Å²) in [5, 5.41) is 11.0. The molecule has 12 nitrogen and oxygen atoms in total. The van der Waals surface area contributed by atoms with Crippen LogP contribution in [0.3, 0.4) is 0 Å². The van der Waals surface area contributed by atoms with Crippen LogP contribution >= 0.6 is 0 Å². The zero-order valence-electron chi connectivity index (χ0n) is 28.3. The third kappa shape index (κ3) is 13.3. The summed E-state index contributed by atoms with van der Waals surface area (Å²) in [4.78, 5) is 90.0. The van der Waals surface area contributed by atoms with Gasteiger partial charge >= 0.3 is 0 Å². The standard InChI is InChI=1S/C38H47N5O7.CH4/c39-36(48)30-13-7-8-22-40-37(49)31(24-26-14-16-28(17-15-26)35(47)27-11-5-2-6-12-27)43-38(50)32(23-25-9-3-1-4-10-25)42-34(46)21-19-29(44)18-20-33(45)41-30;/h2,5-6,11-12,14-18,20,25,30-32H,1,3-4,7-10,13,19,21-24H2,(H2,39,48)(H,40,49)(H,41,45)(H,42,46)(H,43,50);1H4/b20-18+;/t30-,31?,32-;/m0./s1. The maximum Gasteiger partial charge on any atom is 0.244 e. The highest BCUT2D eigenvalue weighted by molar-refractivity contribution is 6.09. The van der Waals surface area contributed by atoms with Crippen molar-refractivity contribution in [3.05, 3.63) is 83.4 Å². The maximum atomic E-state index is 13.8. The molecule has 0 spiro atoms. The lowest BCUT2D eigenvalue weighted by Gasteiger charge is -2.28. The normalized spacial score (nSPS) is 22.6. The molecule has 12 heteroatoms. The van der Waals surface area contributed by atoms with E-state index in [2.05, 4.69) is 21.3 Å². The van der Waals surface area contributed by atoms with Gasteiger partial charge in [0.05, 0.1) is 0 Å². The highest BCUT2D eigenvalue weighted by Gasteiger charge is 2.30. The highest BCUT2D eigenvalue weighted by Crippen LogP contribution is 2.27. The van der Waals surface area contributed by atoms with Crippen LogP contribution < -0.4 is 27.0 Å². The van der Waals surface area contributed by atoms with Gasteiger partial charge in [0.25, 0.3) is 0 Å². The molecule has 2 aromatic rings. The van der Waals surface area contributed by atoms with Crippen LogP contribution in [-0.4, -0.2) is 65.8 Å². The van der Waals surface area contributed by atoms with Gasteiger partial charge in [0, 0.05) is 43.0 Å². The topological polar surface area (TPSA) is 194 Å². The van der Waals surface area contributed by atoms with Crippen LogP contribution in [0.1, 0.15) is 99.5 Å². The van der Waals surface area contributed by atoms with Gasteiger partial charge in [0.1, 0.15) is 18.1 Å². The number of hydrogen-bond acceptors (Lipinski definition) is 7. The van der Waals surface area contributed by atoms with E-state index in [9.17, 15) is 33.6 Å². The number of carbonyl (C=O) groups excluding carboxylic acids is 7. The minimum atomic E-state index is -1.00. The predicted molar refractivity (Wildman–Crippen MR) is 193 cm³/mol. The lowest BCUT2D eigenvalue weighted by atomic mass is 9.84. The average Bonchev–Trinajstić information content (AvgIpc) is 3.12. The number of benzene rings is 2. The van der Waals surface area contributed by atoms with E-state index in [1.165, 1.54) is 0 Å². The van der Waals surface area contributed by atoms with Gasteiger partial charge in [-0.2, -0.15) is 0 Å². The third-order valence-corrected chi connectivity index (χ3v) is 9.17. The summed E-state index contributed by atoms with van der Waals surface area (Å²) in [5.74, 6) is -3.22. The Labute approximate surface area is 299 Å². The summed E-state index contributed by atoms with van der Waals surface area (Å²) >= 11 is 0. The van der Waals surface area contributed by atoms with Gasteiger partial charge in [0.15, 0.2) is 11.6 Å². The van der Waals surface area contributed by atoms with E-state index in [4.69, 9.17) is 5.73 Å². The number of hydrogen-bond donors (Lipinski definition) is 5. The Morgan fingerprint density at radius 3 is 2.04 bits per heavy atom. The molecule has 274 valence electrons. The molecular weight excluding hydrogens is 650 g/mol. The largest absolute Gasteiger partial charge is 0.368 e. The molecule has 0 aromatic heterocycles. The maximum absolute atomic E-state index is 13.8. The van der Waals surface area contributed by atoms with Crippen molar-refractivity contribution < 1.29 is 33.6 Å². The van der Waals surface area contributed by atoms with Gasteiger partial charge in [-0.05, 0) is 43.2 Å². The summed E-state index contributed by atoms with van der Waals surface area (Å²) < 4.78 is 0. The molecule has 0 bridgehead atoms. The third-order valence-electron chi connectivity index (χ3n) is 9.17. The second kappa shape index (κ2) is 20.5. The lowest BCUT2D eigenvalue weighted by Crippen LogP contribution is -2.55. The zero-order valence-corrected chi connectivity index (χ0v) is 28.3. The molecule has 4 rings (SSSR count). The molecule has 2 aliphatic rings. The van der Waals surface area contributed by atoms with Crippen LogP contribution in [0.2, 0.25) is 0 Å². The van der Waals surface area contributed by atoms with Crippen molar-refractivity contribution in [3.63, 3.8) is 0 Å². The van der Waals surface area contributed by atoms with Gasteiger partial charge in [-0.15, -0.1) is 0 Å². The number of nitrogens with one attached hydrogen (secondary N) is 4. The van der Waals surface area contributed by atoms with Crippen molar-refractivity contribution in [2.24, 2.45) is 11.7 Å².